The number of carbonyl (C=O) groups excluding carboxylic acids is 1. The number of hydrogen-bond acceptors (Lipinski definition) is 6. The van der Waals surface area contributed by atoms with Gasteiger partial charge in [-0.3, -0.25) is 4.79 Å². The molecule has 1 atom stereocenters. The van der Waals surface area contributed by atoms with Crippen LogP contribution in [0.25, 0.3) is 0 Å². The highest BCUT2D eigenvalue weighted by molar-refractivity contribution is 7.89. The number of amides is 1. The lowest BCUT2D eigenvalue weighted by Crippen LogP contribution is -2.45. The SMILES string of the molecule is CCOc1ccc(S(=O)(=O)N(CC)CC)cc1NC(=O)[C@H]1CNCCO1. The smallest absolute Gasteiger partial charge is 0.254 e. The number of ether oxygens (including phenoxy) is 2. The van der Waals surface area contributed by atoms with Crippen molar-refractivity contribution in [3.63, 3.8) is 0 Å². The van der Waals surface area contributed by atoms with E-state index >= 15 is 0 Å². The number of benzene rings is 1. The maximum Gasteiger partial charge on any atom is 0.254 e. The van der Waals surface area contributed by atoms with Gasteiger partial charge in [0.15, 0.2) is 0 Å². The Balaban J connectivity index is 2.31. The topological polar surface area (TPSA) is 97.0 Å². The highest BCUT2D eigenvalue weighted by Gasteiger charge is 2.26. The molecule has 26 heavy (non-hydrogen) atoms. The Morgan fingerprint density at radius 2 is 2.08 bits per heavy atom. The molecule has 0 aromatic heterocycles. The molecule has 0 unspecified atom stereocenters. The van der Waals surface area contributed by atoms with Gasteiger partial charge < -0.3 is 20.1 Å². The first-order chi connectivity index (χ1) is 12.4. The number of hydrogen-bond donors (Lipinski definition) is 2. The second kappa shape index (κ2) is 9.31. The third-order valence-corrected chi connectivity index (χ3v) is 6.12. The van der Waals surface area contributed by atoms with Crippen molar-refractivity contribution in [2.75, 3.05) is 44.7 Å². The number of carbonyl (C=O) groups is 1. The highest BCUT2D eigenvalue weighted by Crippen LogP contribution is 2.29. The lowest BCUT2D eigenvalue weighted by Gasteiger charge is -2.24. The van der Waals surface area contributed by atoms with Crippen LogP contribution in [0.3, 0.4) is 0 Å². The summed E-state index contributed by atoms with van der Waals surface area (Å²) >= 11 is 0. The molecule has 1 fully saturated rings. The van der Waals surface area contributed by atoms with Crippen LogP contribution in [0.5, 0.6) is 5.75 Å². The van der Waals surface area contributed by atoms with E-state index in [1.54, 1.807) is 19.9 Å². The number of rotatable bonds is 8. The van der Waals surface area contributed by atoms with E-state index in [1.807, 2.05) is 6.92 Å². The summed E-state index contributed by atoms with van der Waals surface area (Å²) in [5.41, 5.74) is 0.319. The van der Waals surface area contributed by atoms with E-state index < -0.39 is 16.1 Å². The maximum atomic E-state index is 12.7. The van der Waals surface area contributed by atoms with Gasteiger partial charge in [0.05, 0.1) is 23.8 Å². The van der Waals surface area contributed by atoms with Crippen molar-refractivity contribution in [1.82, 2.24) is 9.62 Å². The van der Waals surface area contributed by atoms with Crippen molar-refractivity contribution < 1.29 is 22.7 Å². The normalized spacial score (nSPS) is 17.9. The van der Waals surface area contributed by atoms with Crippen LogP contribution in [0, 0.1) is 0 Å². The lowest BCUT2D eigenvalue weighted by molar-refractivity contribution is -0.128. The molecule has 1 amide bonds. The first kappa shape index (κ1) is 20.6. The molecule has 0 spiro atoms. The minimum absolute atomic E-state index is 0.114. The third kappa shape index (κ3) is 4.73. The average molecular weight is 385 g/mol. The van der Waals surface area contributed by atoms with E-state index in [9.17, 15) is 13.2 Å². The summed E-state index contributed by atoms with van der Waals surface area (Å²) in [5, 5.41) is 5.83. The van der Waals surface area contributed by atoms with E-state index in [0.29, 0.717) is 50.8 Å². The number of nitrogens with zero attached hydrogens (tertiary/aromatic N) is 1. The van der Waals surface area contributed by atoms with Crippen LogP contribution in [-0.4, -0.2) is 64.1 Å². The quantitative estimate of drug-likeness (QED) is 0.694. The number of morpholine rings is 1. The molecule has 9 heteroatoms. The summed E-state index contributed by atoms with van der Waals surface area (Å²) in [7, 11) is -3.63. The van der Waals surface area contributed by atoms with Gasteiger partial charge in [0.1, 0.15) is 11.9 Å². The summed E-state index contributed by atoms with van der Waals surface area (Å²) in [6.45, 7) is 8.08. The molecule has 8 nitrogen and oxygen atoms in total. The minimum Gasteiger partial charge on any atom is -0.492 e. The molecule has 2 rings (SSSR count). The summed E-state index contributed by atoms with van der Waals surface area (Å²) in [6, 6.07) is 4.50. The van der Waals surface area contributed by atoms with Crippen LogP contribution in [-0.2, 0) is 19.6 Å². The fraction of sp³-hybridized carbons (Fsp3) is 0.588. The van der Waals surface area contributed by atoms with Crippen LogP contribution in [0.2, 0.25) is 0 Å². The lowest BCUT2D eigenvalue weighted by atomic mass is 10.2. The molecule has 2 N–H and O–H groups in total. The molecule has 0 saturated carbocycles. The van der Waals surface area contributed by atoms with Gasteiger partial charge in [-0.05, 0) is 25.1 Å². The number of nitrogens with one attached hydrogen (secondary N) is 2. The van der Waals surface area contributed by atoms with Gasteiger partial charge in [0.25, 0.3) is 5.91 Å². The molecule has 1 aliphatic rings. The van der Waals surface area contributed by atoms with Crippen molar-refractivity contribution in [3.05, 3.63) is 18.2 Å². The maximum absolute atomic E-state index is 12.7. The largest absolute Gasteiger partial charge is 0.492 e. The van der Waals surface area contributed by atoms with Crippen LogP contribution >= 0.6 is 0 Å². The van der Waals surface area contributed by atoms with E-state index in [-0.39, 0.29) is 10.8 Å². The van der Waals surface area contributed by atoms with E-state index in [4.69, 9.17) is 9.47 Å². The van der Waals surface area contributed by atoms with E-state index in [0.717, 1.165) is 0 Å². The molecule has 0 radical (unpaired) electrons. The van der Waals surface area contributed by atoms with Gasteiger partial charge in [-0.15, -0.1) is 0 Å². The van der Waals surface area contributed by atoms with Crippen LogP contribution in [0.1, 0.15) is 20.8 Å². The number of sulfonamides is 1. The van der Waals surface area contributed by atoms with Gasteiger partial charge in [-0.1, -0.05) is 13.8 Å². The first-order valence-electron chi connectivity index (χ1n) is 8.84. The van der Waals surface area contributed by atoms with Crippen molar-refractivity contribution in [2.24, 2.45) is 0 Å². The van der Waals surface area contributed by atoms with Gasteiger partial charge in [-0.25, -0.2) is 8.42 Å². The zero-order valence-electron chi connectivity index (χ0n) is 15.4. The molecule has 1 aromatic rings. The monoisotopic (exact) mass is 385 g/mol. The third-order valence-electron chi connectivity index (χ3n) is 4.07. The molecular weight excluding hydrogens is 358 g/mol. The van der Waals surface area contributed by atoms with Crippen LogP contribution in [0.15, 0.2) is 23.1 Å². The standard InChI is InChI=1S/C17H27N3O5S/c1-4-20(5-2)26(22,23)13-7-8-15(24-6-3)14(11-13)19-17(21)16-12-18-9-10-25-16/h7-8,11,16,18H,4-6,9-10,12H2,1-3H3,(H,19,21)/t16-/m1/s1. The first-order valence-corrected chi connectivity index (χ1v) is 10.3. The zero-order valence-corrected chi connectivity index (χ0v) is 16.3. The fourth-order valence-corrected chi connectivity index (χ4v) is 4.19. The summed E-state index contributed by atoms with van der Waals surface area (Å²) < 4.78 is 37.8. The zero-order chi connectivity index (χ0) is 19.2. The van der Waals surface area contributed by atoms with Crippen LogP contribution < -0.4 is 15.4 Å². The van der Waals surface area contributed by atoms with Crippen LogP contribution in [0.4, 0.5) is 5.69 Å². The Bertz CT molecular complexity index is 713. The van der Waals surface area contributed by atoms with E-state index in [1.165, 1.54) is 16.4 Å². The molecule has 1 heterocycles. The molecule has 1 aromatic carbocycles. The Morgan fingerprint density at radius 3 is 2.65 bits per heavy atom. The van der Waals surface area contributed by atoms with Gasteiger partial charge in [-0.2, -0.15) is 4.31 Å². The highest BCUT2D eigenvalue weighted by atomic mass is 32.2. The minimum atomic E-state index is -3.63. The summed E-state index contributed by atoms with van der Waals surface area (Å²) in [6.07, 6.45) is -0.624. The molecule has 146 valence electrons. The van der Waals surface area contributed by atoms with E-state index in [2.05, 4.69) is 10.6 Å². The predicted molar refractivity (Wildman–Crippen MR) is 99.0 cm³/mol. The molecule has 1 aliphatic heterocycles. The van der Waals surface area contributed by atoms with Gasteiger partial charge in [0.2, 0.25) is 10.0 Å². The molecule has 0 aliphatic carbocycles. The van der Waals surface area contributed by atoms with Crippen molar-refractivity contribution in [3.8, 4) is 5.75 Å². The number of anilines is 1. The second-order valence-corrected chi connectivity index (χ2v) is 7.67. The molecular formula is C17H27N3O5S. The van der Waals surface area contributed by atoms with Gasteiger partial charge >= 0.3 is 0 Å². The van der Waals surface area contributed by atoms with Gasteiger partial charge in [0, 0.05) is 26.2 Å². The Kier molecular flexibility index (Phi) is 7.39. The van der Waals surface area contributed by atoms with Crippen molar-refractivity contribution in [2.45, 2.75) is 31.8 Å². The predicted octanol–water partition coefficient (Wildman–Crippen LogP) is 1.04. The fourth-order valence-electron chi connectivity index (χ4n) is 2.71. The second-order valence-electron chi connectivity index (χ2n) is 5.73. The Morgan fingerprint density at radius 1 is 1.35 bits per heavy atom. The molecule has 1 saturated heterocycles. The summed E-state index contributed by atoms with van der Waals surface area (Å²) in [4.78, 5) is 12.6. The average Bonchev–Trinajstić information content (AvgIpc) is 2.64. The summed E-state index contributed by atoms with van der Waals surface area (Å²) in [5.74, 6) is 0.0821. The molecule has 0 bridgehead atoms. The Labute approximate surface area is 154 Å². The van der Waals surface area contributed by atoms with Crippen molar-refractivity contribution >= 4 is 21.6 Å². The Hall–Kier alpha value is -1.68. The van der Waals surface area contributed by atoms with Crippen molar-refractivity contribution in [1.29, 1.82) is 0 Å².